The summed E-state index contributed by atoms with van der Waals surface area (Å²) in [5.74, 6) is 0.223. The van der Waals surface area contributed by atoms with Gasteiger partial charge >= 0.3 is 6.09 Å². The summed E-state index contributed by atoms with van der Waals surface area (Å²) >= 11 is 0. The smallest absolute Gasteiger partial charge is 0.408 e. The highest BCUT2D eigenvalue weighted by atomic mass is 16.6. The van der Waals surface area contributed by atoms with Crippen molar-refractivity contribution >= 4 is 12.0 Å². The molecular weight excluding hydrogens is 268 g/mol. The van der Waals surface area contributed by atoms with E-state index < -0.39 is 17.7 Å². The molecule has 0 saturated heterocycles. The van der Waals surface area contributed by atoms with Gasteiger partial charge in [0.25, 0.3) is 0 Å². The first-order chi connectivity index (χ1) is 9.67. The lowest BCUT2D eigenvalue weighted by atomic mass is 10.0. The fraction of sp³-hybridized carbons (Fsp3) is 0.875. The minimum Gasteiger partial charge on any atom is -0.444 e. The quantitative estimate of drug-likeness (QED) is 0.820. The van der Waals surface area contributed by atoms with Crippen LogP contribution < -0.4 is 10.6 Å². The number of rotatable bonds is 5. The lowest BCUT2D eigenvalue weighted by Crippen LogP contribution is -2.50. The van der Waals surface area contributed by atoms with Crippen LogP contribution in [0.1, 0.15) is 66.7 Å². The summed E-state index contributed by atoms with van der Waals surface area (Å²) in [5.41, 5.74) is -0.561. The summed E-state index contributed by atoms with van der Waals surface area (Å²) in [6.07, 6.45) is 4.48. The summed E-state index contributed by atoms with van der Waals surface area (Å²) in [6.45, 7) is 9.49. The van der Waals surface area contributed by atoms with Gasteiger partial charge in [-0.2, -0.15) is 0 Å². The van der Waals surface area contributed by atoms with Gasteiger partial charge in [0.15, 0.2) is 0 Å². The van der Waals surface area contributed by atoms with E-state index in [-0.39, 0.29) is 11.9 Å². The Bertz CT molecular complexity index is 355. The van der Waals surface area contributed by atoms with Gasteiger partial charge in [-0.05, 0) is 46.0 Å². The van der Waals surface area contributed by atoms with Crippen molar-refractivity contribution in [2.75, 3.05) is 0 Å². The number of carbonyl (C=O) groups excluding carboxylic acids is 2. The van der Waals surface area contributed by atoms with Gasteiger partial charge in [0.2, 0.25) is 5.91 Å². The molecule has 1 fully saturated rings. The van der Waals surface area contributed by atoms with E-state index in [1.165, 1.54) is 12.8 Å². The second kappa shape index (κ2) is 7.66. The van der Waals surface area contributed by atoms with Gasteiger partial charge in [0.05, 0.1) is 0 Å². The van der Waals surface area contributed by atoms with E-state index >= 15 is 0 Å². The Balaban J connectivity index is 2.57. The summed E-state index contributed by atoms with van der Waals surface area (Å²) in [4.78, 5) is 24.2. The van der Waals surface area contributed by atoms with E-state index in [0.29, 0.717) is 12.3 Å². The number of amides is 2. The van der Waals surface area contributed by atoms with Gasteiger partial charge in [-0.15, -0.1) is 0 Å². The maximum absolute atomic E-state index is 12.4. The normalized spacial score (nSPS) is 17.6. The van der Waals surface area contributed by atoms with Crippen LogP contribution in [0.15, 0.2) is 0 Å². The molecule has 0 aromatic carbocycles. The Kier molecular flexibility index (Phi) is 6.49. The second-order valence-electron chi connectivity index (χ2n) is 7.32. The van der Waals surface area contributed by atoms with Crippen molar-refractivity contribution < 1.29 is 14.3 Å². The summed E-state index contributed by atoms with van der Waals surface area (Å²) in [6, 6.07) is -0.270. The Morgan fingerprint density at radius 1 is 1.19 bits per heavy atom. The largest absolute Gasteiger partial charge is 0.444 e. The number of alkyl carbamates (subject to hydrolysis) is 1. The number of hydrogen-bond acceptors (Lipinski definition) is 3. The number of hydrogen-bond donors (Lipinski definition) is 2. The molecule has 1 saturated carbocycles. The molecule has 5 heteroatoms. The molecule has 1 atom stereocenters. The summed E-state index contributed by atoms with van der Waals surface area (Å²) < 4.78 is 5.24. The Morgan fingerprint density at radius 2 is 1.76 bits per heavy atom. The average Bonchev–Trinajstić information content (AvgIpc) is 2.77. The zero-order valence-corrected chi connectivity index (χ0v) is 14.0. The van der Waals surface area contributed by atoms with Gasteiger partial charge < -0.3 is 15.4 Å². The first kappa shape index (κ1) is 17.8. The van der Waals surface area contributed by atoms with Crippen LogP contribution in [0.4, 0.5) is 4.79 Å². The van der Waals surface area contributed by atoms with Crippen molar-refractivity contribution in [3.63, 3.8) is 0 Å². The third-order valence-corrected chi connectivity index (χ3v) is 3.42. The fourth-order valence-corrected chi connectivity index (χ4v) is 2.52. The molecular formula is C16H30N2O3. The van der Waals surface area contributed by atoms with E-state index in [2.05, 4.69) is 10.6 Å². The molecule has 1 unspecified atom stereocenters. The third kappa shape index (κ3) is 7.34. The molecule has 2 amide bonds. The zero-order valence-electron chi connectivity index (χ0n) is 14.0. The van der Waals surface area contributed by atoms with Crippen LogP contribution >= 0.6 is 0 Å². The first-order valence-corrected chi connectivity index (χ1v) is 7.97. The molecule has 21 heavy (non-hydrogen) atoms. The molecule has 0 radical (unpaired) electrons. The highest BCUT2D eigenvalue weighted by Gasteiger charge is 2.27. The van der Waals surface area contributed by atoms with Crippen LogP contribution in [0.2, 0.25) is 0 Å². The van der Waals surface area contributed by atoms with Crippen molar-refractivity contribution in [2.45, 2.75) is 84.4 Å². The van der Waals surface area contributed by atoms with E-state index in [9.17, 15) is 9.59 Å². The van der Waals surface area contributed by atoms with Crippen LogP contribution in [0.5, 0.6) is 0 Å². The van der Waals surface area contributed by atoms with Crippen molar-refractivity contribution in [3.8, 4) is 0 Å². The Morgan fingerprint density at radius 3 is 2.24 bits per heavy atom. The summed E-state index contributed by atoms with van der Waals surface area (Å²) in [5, 5.41) is 5.75. The predicted molar refractivity (Wildman–Crippen MR) is 83.0 cm³/mol. The van der Waals surface area contributed by atoms with Crippen LogP contribution in [0, 0.1) is 5.92 Å². The summed E-state index contributed by atoms with van der Waals surface area (Å²) in [7, 11) is 0. The van der Waals surface area contributed by atoms with Crippen molar-refractivity contribution in [3.05, 3.63) is 0 Å². The SMILES string of the molecule is CC(C)CC(NC(=O)OC(C)(C)C)C(=O)NC1CCCC1. The Hall–Kier alpha value is -1.26. The molecule has 1 aliphatic carbocycles. The minimum atomic E-state index is -0.561. The van der Waals surface area contributed by atoms with Gasteiger partial charge in [-0.25, -0.2) is 4.79 Å². The first-order valence-electron chi connectivity index (χ1n) is 7.97. The third-order valence-electron chi connectivity index (χ3n) is 3.42. The highest BCUT2D eigenvalue weighted by Crippen LogP contribution is 2.18. The molecule has 2 N–H and O–H groups in total. The molecule has 0 aromatic rings. The van der Waals surface area contributed by atoms with Crippen molar-refractivity contribution in [2.24, 2.45) is 5.92 Å². The Labute approximate surface area is 128 Å². The van der Waals surface area contributed by atoms with E-state index in [1.807, 2.05) is 34.6 Å². The second-order valence-corrected chi connectivity index (χ2v) is 7.32. The van der Waals surface area contributed by atoms with E-state index in [4.69, 9.17) is 4.74 Å². The van der Waals surface area contributed by atoms with Crippen LogP contribution in [-0.2, 0) is 9.53 Å². The number of ether oxygens (including phenoxy) is 1. The van der Waals surface area contributed by atoms with Gasteiger partial charge in [0, 0.05) is 6.04 Å². The molecule has 0 aromatic heterocycles. The molecule has 122 valence electrons. The van der Waals surface area contributed by atoms with Crippen LogP contribution in [0.3, 0.4) is 0 Å². The lowest BCUT2D eigenvalue weighted by Gasteiger charge is -2.25. The lowest BCUT2D eigenvalue weighted by molar-refractivity contribution is -0.124. The minimum absolute atomic E-state index is 0.0959. The maximum Gasteiger partial charge on any atom is 0.408 e. The number of carbonyl (C=O) groups is 2. The molecule has 0 aliphatic heterocycles. The molecule has 0 spiro atoms. The molecule has 0 bridgehead atoms. The number of nitrogens with one attached hydrogen (secondary N) is 2. The molecule has 1 aliphatic rings. The predicted octanol–water partition coefficient (Wildman–Crippen LogP) is 2.98. The van der Waals surface area contributed by atoms with Crippen molar-refractivity contribution in [1.29, 1.82) is 0 Å². The van der Waals surface area contributed by atoms with E-state index in [1.54, 1.807) is 0 Å². The maximum atomic E-state index is 12.4. The van der Waals surface area contributed by atoms with Gasteiger partial charge in [-0.3, -0.25) is 4.79 Å². The van der Waals surface area contributed by atoms with Gasteiger partial charge in [-0.1, -0.05) is 26.7 Å². The molecule has 0 heterocycles. The highest BCUT2D eigenvalue weighted by molar-refractivity contribution is 5.85. The molecule has 5 nitrogen and oxygen atoms in total. The fourth-order valence-electron chi connectivity index (χ4n) is 2.52. The molecule has 1 rings (SSSR count). The average molecular weight is 298 g/mol. The standard InChI is InChI=1S/C16H30N2O3/c1-11(2)10-13(18-15(20)21-16(3,4)5)14(19)17-12-8-6-7-9-12/h11-13H,6-10H2,1-5H3,(H,17,19)(H,18,20). The van der Waals surface area contributed by atoms with E-state index in [0.717, 1.165) is 12.8 Å². The monoisotopic (exact) mass is 298 g/mol. The van der Waals surface area contributed by atoms with Gasteiger partial charge in [0.1, 0.15) is 11.6 Å². The van der Waals surface area contributed by atoms with Crippen molar-refractivity contribution in [1.82, 2.24) is 10.6 Å². The zero-order chi connectivity index (χ0) is 16.0. The van der Waals surface area contributed by atoms with Crippen LogP contribution in [0.25, 0.3) is 0 Å². The van der Waals surface area contributed by atoms with Crippen LogP contribution in [-0.4, -0.2) is 29.7 Å². The topological polar surface area (TPSA) is 67.4 Å².